The number of ether oxygens (including phenoxy) is 3. The molecule has 0 N–H and O–H groups in total. The minimum absolute atomic E-state index is 0.113. The molecule has 0 bridgehead atoms. The Hall–Kier alpha value is -2.64. The third kappa shape index (κ3) is 4.41. The number of nitro benzene ring substituents is 1. The molecule has 0 amide bonds. The first kappa shape index (κ1) is 18.4. The normalized spacial score (nSPS) is 10.8. The molecular weight excluding hydrogens is 306 g/mol. The van der Waals surface area contributed by atoms with Crippen LogP contribution in [-0.2, 0) is 9.53 Å². The Morgan fingerprint density at radius 1 is 1.13 bits per heavy atom. The van der Waals surface area contributed by atoms with Crippen LogP contribution in [-0.4, -0.2) is 37.5 Å². The zero-order chi connectivity index (χ0) is 17.8. The number of nitro groups is 1. The topological polar surface area (TPSA) is 105 Å². The zero-order valence-corrected chi connectivity index (χ0v) is 13.7. The second-order valence-electron chi connectivity index (χ2n) is 5.73. The molecule has 8 heteroatoms. The summed E-state index contributed by atoms with van der Waals surface area (Å²) in [6.45, 7) is 4.58. The summed E-state index contributed by atoms with van der Waals surface area (Å²) in [6.07, 6.45) is 0. The van der Waals surface area contributed by atoms with Crippen molar-refractivity contribution >= 4 is 17.4 Å². The van der Waals surface area contributed by atoms with Gasteiger partial charge in [-0.05, 0) is 0 Å². The molecule has 0 aliphatic rings. The van der Waals surface area contributed by atoms with Crippen LogP contribution in [0, 0.1) is 15.5 Å². The molecule has 8 nitrogen and oxygen atoms in total. The molecule has 0 aliphatic heterocycles. The molecule has 126 valence electrons. The summed E-state index contributed by atoms with van der Waals surface area (Å²) in [6, 6.07) is 2.22. The van der Waals surface area contributed by atoms with Gasteiger partial charge in [0.25, 0.3) is 5.69 Å². The van der Waals surface area contributed by atoms with Crippen LogP contribution >= 0.6 is 0 Å². The molecule has 0 unspecified atom stereocenters. The van der Waals surface area contributed by atoms with Gasteiger partial charge in [-0.25, -0.2) is 4.79 Å². The van der Waals surface area contributed by atoms with Crippen LogP contribution in [0.4, 0.5) is 5.69 Å². The molecule has 0 saturated carbocycles. The number of rotatable bonds is 6. The highest BCUT2D eigenvalue weighted by molar-refractivity contribution is 5.96. The smallest absolute Gasteiger partial charge is 0.345 e. The lowest BCUT2D eigenvalue weighted by Crippen LogP contribution is -2.26. The average molecular weight is 325 g/mol. The van der Waals surface area contributed by atoms with Gasteiger partial charge in [-0.15, -0.1) is 0 Å². The highest BCUT2D eigenvalue weighted by Gasteiger charge is 2.28. The van der Waals surface area contributed by atoms with E-state index < -0.39 is 28.6 Å². The summed E-state index contributed by atoms with van der Waals surface area (Å²) < 4.78 is 14.9. The van der Waals surface area contributed by atoms with Crippen molar-refractivity contribution in [2.75, 3.05) is 20.8 Å². The largest absolute Gasteiger partial charge is 0.493 e. The monoisotopic (exact) mass is 325 g/mol. The molecule has 23 heavy (non-hydrogen) atoms. The van der Waals surface area contributed by atoms with E-state index in [1.165, 1.54) is 14.2 Å². The van der Waals surface area contributed by atoms with Gasteiger partial charge in [-0.1, -0.05) is 20.8 Å². The molecule has 0 saturated heterocycles. The number of hydrogen-bond donors (Lipinski definition) is 0. The molecule has 0 radical (unpaired) electrons. The molecule has 0 fully saturated rings. The lowest BCUT2D eigenvalue weighted by molar-refractivity contribution is -0.385. The summed E-state index contributed by atoms with van der Waals surface area (Å²) in [5.74, 6) is -1.02. The summed E-state index contributed by atoms with van der Waals surface area (Å²) in [5.41, 5.74) is -1.48. The van der Waals surface area contributed by atoms with Gasteiger partial charge in [0.05, 0.1) is 25.2 Å². The van der Waals surface area contributed by atoms with Gasteiger partial charge in [0, 0.05) is 11.5 Å². The zero-order valence-electron chi connectivity index (χ0n) is 13.7. The Balaban J connectivity index is 3.12. The van der Waals surface area contributed by atoms with Gasteiger partial charge in [0.2, 0.25) is 0 Å². The van der Waals surface area contributed by atoms with Gasteiger partial charge in [-0.3, -0.25) is 14.9 Å². The number of benzene rings is 1. The van der Waals surface area contributed by atoms with Crippen LogP contribution in [0.5, 0.6) is 11.5 Å². The lowest BCUT2D eigenvalue weighted by Gasteiger charge is -2.16. The number of Topliss-reactive ketones (excluding diaryl/α,β-unsaturated/α-hetero) is 1. The summed E-state index contributed by atoms with van der Waals surface area (Å²) in [5, 5.41) is 11.1. The molecule has 0 aromatic heterocycles. The molecule has 0 aliphatic carbocycles. The minimum Gasteiger partial charge on any atom is -0.493 e. The molecular formula is C15H19NO7. The standard InChI is InChI=1S/C15H19NO7/c1-15(2,3)13(17)8-23-14(18)9-6-11(21-4)12(22-5)7-10(9)16(19)20/h6-7H,8H2,1-5H3. The Morgan fingerprint density at radius 2 is 1.65 bits per heavy atom. The number of esters is 1. The van der Waals surface area contributed by atoms with Crippen molar-refractivity contribution in [2.24, 2.45) is 5.41 Å². The first-order valence-corrected chi connectivity index (χ1v) is 6.72. The highest BCUT2D eigenvalue weighted by atomic mass is 16.6. The van der Waals surface area contributed by atoms with E-state index in [1.807, 2.05) is 0 Å². The van der Waals surface area contributed by atoms with Crippen LogP contribution in [0.1, 0.15) is 31.1 Å². The van der Waals surface area contributed by atoms with Crippen molar-refractivity contribution in [2.45, 2.75) is 20.8 Å². The molecule has 0 heterocycles. The number of ketones is 1. The lowest BCUT2D eigenvalue weighted by atomic mass is 9.91. The number of hydrogen-bond acceptors (Lipinski definition) is 7. The van der Waals surface area contributed by atoms with E-state index in [0.717, 1.165) is 12.1 Å². The van der Waals surface area contributed by atoms with Crippen LogP contribution in [0.3, 0.4) is 0 Å². The maximum atomic E-state index is 12.1. The first-order chi connectivity index (χ1) is 10.6. The predicted molar refractivity (Wildman–Crippen MR) is 80.9 cm³/mol. The summed E-state index contributed by atoms with van der Waals surface area (Å²) in [4.78, 5) is 34.3. The van der Waals surface area contributed by atoms with Crippen molar-refractivity contribution in [3.8, 4) is 11.5 Å². The fraction of sp³-hybridized carbons (Fsp3) is 0.467. The third-order valence-corrected chi connectivity index (χ3v) is 3.09. The summed E-state index contributed by atoms with van der Waals surface area (Å²) in [7, 11) is 2.66. The number of carbonyl (C=O) groups is 2. The van der Waals surface area contributed by atoms with Gasteiger partial charge in [-0.2, -0.15) is 0 Å². The second-order valence-corrected chi connectivity index (χ2v) is 5.73. The van der Waals surface area contributed by atoms with Crippen LogP contribution < -0.4 is 9.47 Å². The van der Waals surface area contributed by atoms with Crippen LogP contribution in [0.15, 0.2) is 12.1 Å². The fourth-order valence-electron chi connectivity index (χ4n) is 1.61. The molecule has 0 spiro atoms. The number of nitrogens with zero attached hydrogens (tertiary/aromatic N) is 1. The van der Waals surface area contributed by atoms with E-state index in [2.05, 4.69) is 0 Å². The van der Waals surface area contributed by atoms with Gasteiger partial charge < -0.3 is 14.2 Å². The van der Waals surface area contributed by atoms with Gasteiger partial charge in [0.1, 0.15) is 5.56 Å². The highest BCUT2D eigenvalue weighted by Crippen LogP contribution is 2.34. The SMILES string of the molecule is COc1cc(C(=O)OCC(=O)C(C)(C)C)c([N+](=O)[O-])cc1OC. The van der Waals surface area contributed by atoms with Crippen LogP contribution in [0.2, 0.25) is 0 Å². The molecule has 1 aromatic carbocycles. The molecule has 0 atom stereocenters. The van der Waals surface area contributed by atoms with Crippen LogP contribution in [0.25, 0.3) is 0 Å². The van der Waals surface area contributed by atoms with Crippen molar-refractivity contribution in [1.82, 2.24) is 0 Å². The second kappa shape index (κ2) is 7.08. The maximum Gasteiger partial charge on any atom is 0.345 e. The van der Waals surface area contributed by atoms with Crippen molar-refractivity contribution in [3.63, 3.8) is 0 Å². The predicted octanol–water partition coefficient (Wildman–Crippen LogP) is 2.38. The number of methoxy groups -OCH3 is 2. The Kier molecular flexibility index (Phi) is 5.67. The van der Waals surface area contributed by atoms with E-state index >= 15 is 0 Å². The average Bonchev–Trinajstić information content (AvgIpc) is 2.49. The Bertz CT molecular complexity index is 631. The Labute approximate surface area is 133 Å². The van der Waals surface area contributed by atoms with Crippen molar-refractivity contribution < 1.29 is 28.7 Å². The number of carbonyl (C=O) groups excluding carboxylic acids is 2. The maximum absolute atomic E-state index is 12.1. The van der Waals surface area contributed by atoms with Crippen molar-refractivity contribution in [1.29, 1.82) is 0 Å². The van der Waals surface area contributed by atoms with E-state index in [9.17, 15) is 19.7 Å². The van der Waals surface area contributed by atoms with E-state index in [4.69, 9.17) is 14.2 Å². The molecule has 1 aromatic rings. The molecule has 1 rings (SSSR count). The van der Waals surface area contributed by atoms with Gasteiger partial charge in [0.15, 0.2) is 23.9 Å². The fourth-order valence-corrected chi connectivity index (χ4v) is 1.61. The van der Waals surface area contributed by atoms with E-state index in [1.54, 1.807) is 20.8 Å². The van der Waals surface area contributed by atoms with E-state index in [-0.39, 0.29) is 22.8 Å². The quantitative estimate of drug-likeness (QED) is 0.449. The summed E-state index contributed by atoms with van der Waals surface area (Å²) >= 11 is 0. The Morgan fingerprint density at radius 3 is 2.09 bits per heavy atom. The third-order valence-electron chi connectivity index (χ3n) is 3.09. The van der Waals surface area contributed by atoms with Crippen molar-refractivity contribution in [3.05, 3.63) is 27.8 Å². The van der Waals surface area contributed by atoms with Gasteiger partial charge >= 0.3 is 5.97 Å². The van der Waals surface area contributed by atoms with E-state index in [0.29, 0.717) is 0 Å². The first-order valence-electron chi connectivity index (χ1n) is 6.72. The minimum atomic E-state index is -0.977.